The van der Waals surface area contributed by atoms with Crippen LogP contribution in [0.2, 0.25) is 0 Å². The predicted molar refractivity (Wildman–Crippen MR) is 70.7 cm³/mol. The van der Waals surface area contributed by atoms with Gasteiger partial charge in [0.05, 0.1) is 0 Å². The molecule has 18 heavy (non-hydrogen) atoms. The van der Waals surface area contributed by atoms with Crippen molar-refractivity contribution in [1.82, 2.24) is 10.3 Å². The van der Waals surface area contributed by atoms with E-state index in [9.17, 15) is 4.79 Å². The molecule has 1 aromatic heterocycles. The van der Waals surface area contributed by atoms with E-state index in [-0.39, 0.29) is 5.91 Å². The SMILES string of the molecule is Nc1ccc(CNC(=O)c2cccc(N)n2)cc1. The normalized spacial score (nSPS) is 10.0. The summed E-state index contributed by atoms with van der Waals surface area (Å²) >= 11 is 0. The first-order valence-electron chi connectivity index (χ1n) is 5.50. The first-order chi connectivity index (χ1) is 8.65. The van der Waals surface area contributed by atoms with Gasteiger partial charge in [0.15, 0.2) is 0 Å². The van der Waals surface area contributed by atoms with E-state index >= 15 is 0 Å². The maximum absolute atomic E-state index is 11.8. The molecule has 0 aliphatic rings. The largest absolute Gasteiger partial charge is 0.399 e. The first-order valence-corrected chi connectivity index (χ1v) is 5.50. The molecule has 2 aromatic rings. The zero-order valence-corrected chi connectivity index (χ0v) is 9.76. The van der Waals surface area contributed by atoms with Gasteiger partial charge in [0.1, 0.15) is 11.5 Å². The molecule has 92 valence electrons. The molecule has 0 radical (unpaired) electrons. The van der Waals surface area contributed by atoms with Crippen LogP contribution in [0.25, 0.3) is 0 Å². The average Bonchev–Trinajstić information content (AvgIpc) is 2.38. The van der Waals surface area contributed by atoms with Gasteiger partial charge < -0.3 is 16.8 Å². The van der Waals surface area contributed by atoms with Gasteiger partial charge in [-0.25, -0.2) is 4.98 Å². The lowest BCUT2D eigenvalue weighted by molar-refractivity contribution is 0.0946. The molecule has 5 nitrogen and oxygen atoms in total. The number of carbonyl (C=O) groups excluding carboxylic acids is 1. The molecule has 5 N–H and O–H groups in total. The molecule has 5 heteroatoms. The third-order valence-electron chi connectivity index (χ3n) is 2.44. The molecule has 0 spiro atoms. The van der Waals surface area contributed by atoms with Gasteiger partial charge in [0.2, 0.25) is 0 Å². The summed E-state index contributed by atoms with van der Waals surface area (Å²) < 4.78 is 0. The zero-order chi connectivity index (χ0) is 13.0. The van der Waals surface area contributed by atoms with Gasteiger partial charge in [0, 0.05) is 12.2 Å². The average molecular weight is 242 g/mol. The minimum absolute atomic E-state index is 0.251. The van der Waals surface area contributed by atoms with E-state index in [0.29, 0.717) is 23.7 Å². The van der Waals surface area contributed by atoms with Gasteiger partial charge >= 0.3 is 0 Å². The summed E-state index contributed by atoms with van der Waals surface area (Å²) in [7, 11) is 0. The Morgan fingerprint density at radius 3 is 2.50 bits per heavy atom. The van der Waals surface area contributed by atoms with Crippen molar-refractivity contribution in [3.05, 3.63) is 53.7 Å². The molecule has 1 aromatic carbocycles. The van der Waals surface area contributed by atoms with Crippen molar-refractivity contribution in [1.29, 1.82) is 0 Å². The molecule has 1 heterocycles. The molecule has 0 atom stereocenters. The Bertz CT molecular complexity index is 551. The third-order valence-corrected chi connectivity index (χ3v) is 2.44. The molecule has 1 amide bonds. The van der Waals surface area contributed by atoms with Crippen molar-refractivity contribution >= 4 is 17.4 Å². The summed E-state index contributed by atoms with van der Waals surface area (Å²) in [6.45, 7) is 0.426. The van der Waals surface area contributed by atoms with Gasteiger partial charge in [0.25, 0.3) is 5.91 Å². The molecular weight excluding hydrogens is 228 g/mol. The van der Waals surface area contributed by atoms with Crippen LogP contribution in [-0.4, -0.2) is 10.9 Å². The number of nitrogens with one attached hydrogen (secondary N) is 1. The Labute approximate surface area is 105 Å². The minimum Gasteiger partial charge on any atom is -0.399 e. The number of nitrogens with two attached hydrogens (primary N) is 2. The Hall–Kier alpha value is -2.56. The van der Waals surface area contributed by atoms with Crippen LogP contribution in [-0.2, 0) is 6.54 Å². The quantitative estimate of drug-likeness (QED) is 0.704. The maximum atomic E-state index is 11.8. The summed E-state index contributed by atoms with van der Waals surface area (Å²) in [5, 5.41) is 2.76. The number of aromatic nitrogens is 1. The number of anilines is 2. The smallest absolute Gasteiger partial charge is 0.270 e. The molecule has 2 rings (SSSR count). The van der Waals surface area contributed by atoms with E-state index in [1.54, 1.807) is 30.3 Å². The number of benzene rings is 1. The van der Waals surface area contributed by atoms with Crippen molar-refractivity contribution in [2.75, 3.05) is 11.5 Å². The lowest BCUT2D eigenvalue weighted by Gasteiger charge is -2.05. The molecule has 0 unspecified atom stereocenters. The molecule has 0 aliphatic heterocycles. The van der Waals surface area contributed by atoms with Crippen LogP contribution in [0.5, 0.6) is 0 Å². The molecule has 0 fully saturated rings. The number of nitrogen functional groups attached to an aromatic ring is 2. The van der Waals surface area contributed by atoms with Crippen LogP contribution in [0.1, 0.15) is 16.1 Å². The fourth-order valence-electron chi connectivity index (χ4n) is 1.49. The standard InChI is InChI=1S/C13H14N4O/c14-10-6-4-9(5-7-10)8-16-13(18)11-2-1-3-12(15)17-11/h1-7H,8,14H2,(H2,15,17)(H,16,18). The molecule has 0 saturated heterocycles. The highest BCUT2D eigenvalue weighted by Crippen LogP contribution is 2.05. The van der Waals surface area contributed by atoms with Gasteiger partial charge in [-0.3, -0.25) is 4.79 Å². The van der Waals surface area contributed by atoms with Gasteiger partial charge in [-0.05, 0) is 29.8 Å². The fraction of sp³-hybridized carbons (Fsp3) is 0.0769. The Balaban J connectivity index is 1.98. The Kier molecular flexibility index (Phi) is 3.43. The van der Waals surface area contributed by atoms with E-state index in [2.05, 4.69) is 10.3 Å². The van der Waals surface area contributed by atoms with Crippen LogP contribution in [0.15, 0.2) is 42.5 Å². The lowest BCUT2D eigenvalue weighted by atomic mass is 10.2. The summed E-state index contributed by atoms with van der Waals surface area (Å²) in [6, 6.07) is 12.3. The van der Waals surface area contributed by atoms with Crippen LogP contribution in [0, 0.1) is 0 Å². The Morgan fingerprint density at radius 1 is 1.11 bits per heavy atom. The number of rotatable bonds is 3. The predicted octanol–water partition coefficient (Wildman–Crippen LogP) is 1.18. The number of nitrogens with zero attached hydrogens (tertiary/aromatic N) is 1. The van der Waals surface area contributed by atoms with Crippen LogP contribution < -0.4 is 16.8 Å². The Morgan fingerprint density at radius 2 is 1.83 bits per heavy atom. The highest BCUT2D eigenvalue weighted by atomic mass is 16.1. The monoisotopic (exact) mass is 242 g/mol. The second-order valence-corrected chi connectivity index (χ2v) is 3.87. The molecule has 0 bridgehead atoms. The van der Waals surface area contributed by atoms with Gasteiger partial charge in [-0.1, -0.05) is 18.2 Å². The maximum Gasteiger partial charge on any atom is 0.270 e. The lowest BCUT2D eigenvalue weighted by Crippen LogP contribution is -2.24. The van der Waals surface area contributed by atoms with E-state index in [1.165, 1.54) is 0 Å². The van der Waals surface area contributed by atoms with E-state index in [1.807, 2.05) is 12.1 Å². The van der Waals surface area contributed by atoms with Crippen LogP contribution in [0.3, 0.4) is 0 Å². The molecule has 0 aliphatic carbocycles. The number of carbonyl (C=O) groups is 1. The van der Waals surface area contributed by atoms with Crippen molar-refractivity contribution in [3.63, 3.8) is 0 Å². The topological polar surface area (TPSA) is 94.0 Å². The van der Waals surface area contributed by atoms with E-state index in [0.717, 1.165) is 5.56 Å². The van der Waals surface area contributed by atoms with Gasteiger partial charge in [-0.2, -0.15) is 0 Å². The zero-order valence-electron chi connectivity index (χ0n) is 9.76. The number of hydrogen-bond acceptors (Lipinski definition) is 4. The fourth-order valence-corrected chi connectivity index (χ4v) is 1.49. The highest BCUT2D eigenvalue weighted by Gasteiger charge is 2.06. The number of hydrogen-bond donors (Lipinski definition) is 3. The highest BCUT2D eigenvalue weighted by molar-refractivity contribution is 5.92. The van der Waals surface area contributed by atoms with E-state index in [4.69, 9.17) is 11.5 Å². The molecule has 0 saturated carbocycles. The van der Waals surface area contributed by atoms with Crippen molar-refractivity contribution in [3.8, 4) is 0 Å². The third kappa shape index (κ3) is 2.98. The van der Waals surface area contributed by atoms with Crippen LogP contribution in [0.4, 0.5) is 11.5 Å². The summed E-state index contributed by atoms with van der Waals surface area (Å²) in [6.07, 6.45) is 0. The summed E-state index contributed by atoms with van der Waals surface area (Å²) in [5.74, 6) is 0.0780. The van der Waals surface area contributed by atoms with Crippen molar-refractivity contribution in [2.45, 2.75) is 6.54 Å². The first kappa shape index (κ1) is 11.9. The van der Waals surface area contributed by atoms with Crippen LogP contribution >= 0.6 is 0 Å². The number of amides is 1. The van der Waals surface area contributed by atoms with Crippen molar-refractivity contribution < 1.29 is 4.79 Å². The second kappa shape index (κ2) is 5.18. The van der Waals surface area contributed by atoms with Gasteiger partial charge in [-0.15, -0.1) is 0 Å². The number of pyridine rings is 1. The second-order valence-electron chi connectivity index (χ2n) is 3.87. The molecular formula is C13H14N4O. The van der Waals surface area contributed by atoms with Crippen molar-refractivity contribution in [2.24, 2.45) is 0 Å². The van der Waals surface area contributed by atoms with E-state index < -0.39 is 0 Å². The minimum atomic E-state index is -0.251. The summed E-state index contributed by atoms with van der Waals surface area (Å²) in [5.41, 5.74) is 13.1. The summed E-state index contributed by atoms with van der Waals surface area (Å²) in [4.78, 5) is 15.7.